The first kappa shape index (κ1) is 23.6. The molecule has 0 unspecified atom stereocenters. The molecule has 2 N–H and O–H groups in total. The van der Waals surface area contributed by atoms with Crippen molar-refractivity contribution in [1.29, 1.82) is 0 Å². The van der Waals surface area contributed by atoms with E-state index in [-0.39, 0.29) is 29.8 Å². The van der Waals surface area contributed by atoms with Crippen molar-refractivity contribution >= 4 is 47.0 Å². The molecule has 2 aromatic rings. The molecule has 2 rings (SSSR count). The molecular formula is C19H29FIN5S. The maximum absolute atomic E-state index is 14.1. The van der Waals surface area contributed by atoms with Crippen LogP contribution in [0.2, 0.25) is 0 Å². The summed E-state index contributed by atoms with van der Waals surface area (Å²) in [5, 5.41) is 7.67. The number of anilines is 1. The molecule has 1 heterocycles. The first-order chi connectivity index (χ1) is 12.4. The molecule has 0 aliphatic heterocycles. The second-order valence-corrected chi connectivity index (χ2v) is 7.59. The zero-order chi connectivity index (χ0) is 19.1. The van der Waals surface area contributed by atoms with Crippen molar-refractivity contribution in [1.82, 2.24) is 15.6 Å². The molecular weight excluding hydrogens is 476 g/mol. The van der Waals surface area contributed by atoms with E-state index in [4.69, 9.17) is 0 Å². The van der Waals surface area contributed by atoms with E-state index < -0.39 is 0 Å². The summed E-state index contributed by atoms with van der Waals surface area (Å²) in [6.07, 6.45) is 0.857. The van der Waals surface area contributed by atoms with Crippen LogP contribution in [0.1, 0.15) is 28.1 Å². The van der Waals surface area contributed by atoms with Crippen molar-refractivity contribution in [2.24, 2.45) is 4.99 Å². The van der Waals surface area contributed by atoms with Crippen molar-refractivity contribution < 1.29 is 4.39 Å². The van der Waals surface area contributed by atoms with Crippen LogP contribution in [0.4, 0.5) is 10.1 Å². The van der Waals surface area contributed by atoms with Gasteiger partial charge in [0, 0.05) is 38.5 Å². The number of nitrogens with zero attached hydrogens (tertiary/aromatic N) is 3. The number of nitrogens with one attached hydrogen (secondary N) is 2. The highest BCUT2D eigenvalue weighted by Crippen LogP contribution is 2.19. The van der Waals surface area contributed by atoms with Gasteiger partial charge in [0.2, 0.25) is 0 Å². The molecule has 0 aliphatic carbocycles. The first-order valence-corrected chi connectivity index (χ1v) is 9.63. The van der Waals surface area contributed by atoms with Gasteiger partial charge in [-0.1, -0.05) is 6.07 Å². The molecule has 8 heteroatoms. The molecule has 1 aromatic heterocycles. The second-order valence-electron chi connectivity index (χ2n) is 6.30. The fourth-order valence-electron chi connectivity index (χ4n) is 2.46. The zero-order valence-electron chi connectivity index (χ0n) is 16.6. The van der Waals surface area contributed by atoms with Crippen LogP contribution in [-0.2, 0) is 13.0 Å². The van der Waals surface area contributed by atoms with Crippen LogP contribution in [0.25, 0.3) is 0 Å². The monoisotopic (exact) mass is 505 g/mol. The summed E-state index contributed by atoms with van der Waals surface area (Å²) in [6.45, 7) is 8.11. The van der Waals surface area contributed by atoms with Crippen molar-refractivity contribution in [2.75, 3.05) is 32.1 Å². The van der Waals surface area contributed by atoms with Crippen LogP contribution in [-0.4, -0.2) is 38.1 Å². The van der Waals surface area contributed by atoms with Gasteiger partial charge in [0.05, 0.1) is 22.9 Å². The van der Waals surface area contributed by atoms with E-state index in [1.165, 1.54) is 4.88 Å². The third-order valence-electron chi connectivity index (χ3n) is 3.96. The Hall–Kier alpha value is -1.42. The minimum absolute atomic E-state index is 0. The SMILES string of the molecule is CCNC(=NCc1ccc(N(C)C)c(F)c1)NCCc1nc(C)c(C)s1.I. The normalized spacial score (nSPS) is 11.1. The number of halogens is 2. The summed E-state index contributed by atoms with van der Waals surface area (Å²) in [7, 11) is 3.66. The lowest BCUT2D eigenvalue weighted by Gasteiger charge is -2.14. The number of hydrogen-bond donors (Lipinski definition) is 2. The van der Waals surface area contributed by atoms with Gasteiger partial charge >= 0.3 is 0 Å². The molecule has 27 heavy (non-hydrogen) atoms. The van der Waals surface area contributed by atoms with Crippen LogP contribution >= 0.6 is 35.3 Å². The molecule has 0 spiro atoms. The molecule has 150 valence electrons. The molecule has 0 saturated heterocycles. The number of hydrogen-bond acceptors (Lipinski definition) is 4. The Morgan fingerprint density at radius 2 is 2.00 bits per heavy atom. The zero-order valence-corrected chi connectivity index (χ0v) is 19.7. The van der Waals surface area contributed by atoms with Gasteiger partial charge in [-0.2, -0.15) is 0 Å². The maximum atomic E-state index is 14.1. The van der Waals surface area contributed by atoms with E-state index in [1.54, 1.807) is 28.4 Å². The highest BCUT2D eigenvalue weighted by Gasteiger charge is 2.06. The molecule has 0 fully saturated rings. The van der Waals surface area contributed by atoms with E-state index in [0.717, 1.165) is 41.7 Å². The van der Waals surface area contributed by atoms with Crippen LogP contribution in [0.5, 0.6) is 0 Å². The van der Waals surface area contributed by atoms with Crippen molar-refractivity contribution in [3.63, 3.8) is 0 Å². The van der Waals surface area contributed by atoms with Gasteiger partial charge in [0.1, 0.15) is 5.82 Å². The molecule has 0 amide bonds. The maximum Gasteiger partial charge on any atom is 0.191 e. The lowest BCUT2D eigenvalue weighted by Crippen LogP contribution is -2.38. The average Bonchev–Trinajstić information content (AvgIpc) is 2.90. The van der Waals surface area contributed by atoms with E-state index in [1.807, 2.05) is 34.0 Å². The Morgan fingerprint density at radius 1 is 1.26 bits per heavy atom. The standard InChI is InChI=1S/C19H28FN5S.HI/c1-6-21-19(22-10-9-18-24-13(2)14(3)26-18)23-12-15-7-8-17(25(4)5)16(20)11-15;/h7-8,11H,6,9-10,12H2,1-5H3,(H2,21,22,23);1H. The van der Waals surface area contributed by atoms with Crippen LogP contribution in [0, 0.1) is 19.7 Å². The topological polar surface area (TPSA) is 52.6 Å². The highest BCUT2D eigenvalue weighted by atomic mass is 127. The largest absolute Gasteiger partial charge is 0.375 e. The Balaban J connectivity index is 0.00000364. The lowest BCUT2D eigenvalue weighted by atomic mass is 10.2. The predicted octanol–water partition coefficient (Wildman–Crippen LogP) is 3.88. The number of aromatic nitrogens is 1. The highest BCUT2D eigenvalue weighted by molar-refractivity contribution is 14.0. The number of aryl methyl sites for hydroxylation is 2. The fourth-order valence-corrected chi connectivity index (χ4v) is 3.39. The predicted molar refractivity (Wildman–Crippen MR) is 124 cm³/mol. The third-order valence-corrected chi connectivity index (χ3v) is 5.09. The van der Waals surface area contributed by atoms with Gasteiger partial charge in [-0.15, -0.1) is 35.3 Å². The minimum atomic E-state index is -0.227. The van der Waals surface area contributed by atoms with Gasteiger partial charge in [-0.3, -0.25) is 0 Å². The molecule has 0 bridgehead atoms. The fraction of sp³-hybridized carbons (Fsp3) is 0.474. The van der Waals surface area contributed by atoms with Crippen molar-refractivity contribution in [2.45, 2.75) is 33.7 Å². The number of thiazole rings is 1. The minimum Gasteiger partial charge on any atom is -0.375 e. The molecule has 0 saturated carbocycles. The Kier molecular flexibility index (Phi) is 10.00. The smallest absolute Gasteiger partial charge is 0.191 e. The van der Waals surface area contributed by atoms with E-state index >= 15 is 0 Å². The van der Waals surface area contributed by atoms with Crippen LogP contribution in [0.3, 0.4) is 0 Å². The summed E-state index contributed by atoms with van der Waals surface area (Å²) in [5.74, 6) is 0.504. The van der Waals surface area contributed by atoms with Gasteiger partial charge in [-0.25, -0.2) is 14.4 Å². The number of benzene rings is 1. The molecule has 0 aliphatic rings. The second kappa shape index (κ2) is 11.4. The van der Waals surface area contributed by atoms with E-state index in [2.05, 4.69) is 27.5 Å². The van der Waals surface area contributed by atoms with Gasteiger partial charge in [0.15, 0.2) is 5.96 Å². The van der Waals surface area contributed by atoms with Gasteiger partial charge < -0.3 is 15.5 Å². The Morgan fingerprint density at radius 3 is 2.56 bits per heavy atom. The third kappa shape index (κ3) is 7.25. The van der Waals surface area contributed by atoms with Gasteiger partial charge in [-0.05, 0) is 38.5 Å². The van der Waals surface area contributed by atoms with Crippen LogP contribution < -0.4 is 15.5 Å². The van der Waals surface area contributed by atoms with Gasteiger partial charge in [0.25, 0.3) is 0 Å². The summed E-state index contributed by atoms with van der Waals surface area (Å²) in [6, 6.07) is 5.24. The molecule has 5 nitrogen and oxygen atoms in total. The molecule has 1 aromatic carbocycles. The first-order valence-electron chi connectivity index (χ1n) is 8.81. The summed E-state index contributed by atoms with van der Waals surface area (Å²) >= 11 is 1.74. The van der Waals surface area contributed by atoms with Crippen LogP contribution in [0.15, 0.2) is 23.2 Å². The quantitative estimate of drug-likeness (QED) is 0.341. The summed E-state index contributed by atoms with van der Waals surface area (Å²) in [5.41, 5.74) is 2.53. The van der Waals surface area contributed by atoms with Crippen molar-refractivity contribution in [3.05, 3.63) is 45.2 Å². The summed E-state index contributed by atoms with van der Waals surface area (Å²) in [4.78, 5) is 12.1. The van der Waals surface area contributed by atoms with E-state index in [0.29, 0.717) is 12.2 Å². The molecule has 0 radical (unpaired) electrons. The molecule has 0 atom stereocenters. The number of guanidine groups is 1. The number of rotatable bonds is 7. The summed E-state index contributed by atoms with van der Waals surface area (Å²) < 4.78 is 14.1. The average molecular weight is 505 g/mol. The van der Waals surface area contributed by atoms with Crippen molar-refractivity contribution in [3.8, 4) is 0 Å². The Labute approximate surface area is 182 Å². The number of aliphatic imine (C=N–C) groups is 1. The lowest BCUT2D eigenvalue weighted by molar-refractivity contribution is 0.624. The Bertz CT molecular complexity index is 741. The van der Waals surface area contributed by atoms with E-state index in [9.17, 15) is 4.39 Å².